The second-order valence-corrected chi connectivity index (χ2v) is 15.6. The molecule has 0 amide bonds. The van der Waals surface area contributed by atoms with Gasteiger partial charge in [-0.15, -0.1) is 0 Å². The monoisotopic (exact) mass is 752 g/mol. The topological polar surface area (TPSA) is 28.3 Å². The molecule has 0 N–H and O–H groups in total. The molecule has 13 rings (SSSR count). The van der Waals surface area contributed by atoms with Gasteiger partial charge in [-0.25, -0.2) is 0 Å². The molecule has 2 aliphatic rings. The van der Waals surface area contributed by atoms with E-state index in [1.165, 1.54) is 27.1 Å². The highest BCUT2D eigenvalue weighted by atomic mass is 16.5. The number of rotatable bonds is 4. The van der Waals surface area contributed by atoms with Crippen molar-refractivity contribution >= 4 is 66.7 Å². The third-order valence-electron chi connectivity index (χ3n) is 12.4. The van der Waals surface area contributed by atoms with Crippen LogP contribution in [0.5, 0.6) is 23.0 Å². The average molecular weight is 753 g/mol. The van der Waals surface area contributed by atoms with Crippen molar-refractivity contribution < 1.29 is 9.47 Å². The Kier molecular flexibility index (Phi) is 6.78. The number of ether oxygens (including phenoxy) is 2. The fourth-order valence-electron chi connectivity index (χ4n) is 9.95. The molecule has 0 fully saturated rings. The summed E-state index contributed by atoms with van der Waals surface area (Å²) in [5.74, 6) is 3.33. The normalized spacial score (nSPS) is 12.6. The van der Waals surface area contributed by atoms with E-state index in [9.17, 15) is 0 Å². The van der Waals surface area contributed by atoms with Gasteiger partial charge in [0.25, 0.3) is 6.71 Å². The molecule has 0 radical (unpaired) electrons. The van der Waals surface area contributed by atoms with Crippen LogP contribution in [0.2, 0.25) is 0 Å². The van der Waals surface area contributed by atoms with Crippen LogP contribution >= 0.6 is 0 Å². The lowest BCUT2D eigenvalue weighted by Crippen LogP contribution is -2.57. The third kappa shape index (κ3) is 4.67. The van der Waals surface area contributed by atoms with E-state index in [1.807, 2.05) is 0 Å². The minimum Gasteiger partial charge on any atom is -0.458 e. The first kappa shape index (κ1) is 32.3. The van der Waals surface area contributed by atoms with Gasteiger partial charge in [0.2, 0.25) is 0 Å². The number of benzene rings is 9. The fourth-order valence-corrected chi connectivity index (χ4v) is 9.95. The first-order chi connectivity index (χ1) is 29.3. The van der Waals surface area contributed by atoms with Crippen LogP contribution in [-0.2, 0) is 0 Å². The molecule has 0 atom stereocenters. The van der Waals surface area contributed by atoms with E-state index in [-0.39, 0.29) is 6.71 Å². The lowest BCUT2D eigenvalue weighted by Gasteiger charge is -2.33. The SMILES string of the molecule is c1ccc(-c2cccc3c4cccc(-c5ccccc5)c4n(-c4cc5c6c(c4)Oc4cc7c(cc4B6c4ccccc4O5)c4ccccc4n7-c4ccccc4)c23)cc1. The molecular weight excluding hydrogens is 719 g/mol. The van der Waals surface area contributed by atoms with E-state index in [0.717, 1.165) is 89.6 Å². The molecule has 0 saturated carbocycles. The van der Waals surface area contributed by atoms with Crippen LogP contribution in [0.4, 0.5) is 0 Å². The van der Waals surface area contributed by atoms with Crippen LogP contribution in [-0.4, -0.2) is 15.8 Å². The zero-order valence-corrected chi connectivity index (χ0v) is 31.8. The largest absolute Gasteiger partial charge is 0.458 e. The number of hydrogen-bond acceptors (Lipinski definition) is 2. The zero-order chi connectivity index (χ0) is 38.6. The van der Waals surface area contributed by atoms with Crippen molar-refractivity contribution in [1.29, 1.82) is 0 Å². The Balaban J connectivity index is 1.12. The van der Waals surface area contributed by atoms with E-state index in [1.54, 1.807) is 0 Å². The van der Waals surface area contributed by atoms with Crippen molar-refractivity contribution in [3.05, 3.63) is 200 Å². The lowest BCUT2D eigenvalue weighted by atomic mass is 9.35. The molecule has 0 bridgehead atoms. The van der Waals surface area contributed by atoms with Crippen molar-refractivity contribution in [2.45, 2.75) is 0 Å². The Labute approximate surface area is 340 Å². The summed E-state index contributed by atoms with van der Waals surface area (Å²) in [6, 6.07) is 71.7. The van der Waals surface area contributed by atoms with Gasteiger partial charge >= 0.3 is 0 Å². The van der Waals surface area contributed by atoms with Crippen LogP contribution in [0, 0.1) is 0 Å². The van der Waals surface area contributed by atoms with Gasteiger partial charge in [-0.05, 0) is 46.3 Å². The Hall–Kier alpha value is -7.76. The molecule has 0 unspecified atom stereocenters. The molecule has 2 aromatic heterocycles. The Morgan fingerprint density at radius 1 is 0.339 bits per heavy atom. The molecular formula is C54H33BN2O2. The average Bonchev–Trinajstić information content (AvgIpc) is 3.81. The lowest BCUT2D eigenvalue weighted by molar-refractivity contribution is 0.464. The molecule has 4 heterocycles. The maximum absolute atomic E-state index is 7.22. The van der Waals surface area contributed by atoms with E-state index >= 15 is 0 Å². The summed E-state index contributed by atoms with van der Waals surface area (Å²) in [5, 5.41) is 4.80. The standard InChI is InChI=1S/C54H33BN2O2/c1-4-16-34(17-5-1)38-23-14-25-41-42-26-15-24-39(35-18-6-2-7-19-35)54(42)57(53(38)41)37-30-50-52-51(31-37)59-49-33-47-43(32-45(49)55(52)44-27-11-13-29-48(44)58-50)40-22-10-12-28-46(40)56(47)36-20-8-3-9-21-36/h1-33H. The predicted octanol–water partition coefficient (Wildman–Crippen LogP) is 11.9. The maximum atomic E-state index is 7.22. The van der Waals surface area contributed by atoms with Crippen molar-refractivity contribution in [2.24, 2.45) is 0 Å². The van der Waals surface area contributed by atoms with Gasteiger partial charge in [-0.1, -0.05) is 158 Å². The van der Waals surface area contributed by atoms with Crippen LogP contribution in [0.15, 0.2) is 200 Å². The highest BCUT2D eigenvalue weighted by Crippen LogP contribution is 2.45. The Morgan fingerprint density at radius 3 is 1.58 bits per heavy atom. The summed E-state index contributed by atoms with van der Waals surface area (Å²) in [6.45, 7) is -0.0797. The molecule has 9 aromatic carbocycles. The molecule has 0 aliphatic carbocycles. The number of fused-ring (bicyclic) bond motifs is 10. The summed E-state index contributed by atoms with van der Waals surface area (Å²) in [4.78, 5) is 0. The van der Waals surface area contributed by atoms with Gasteiger partial charge in [0.05, 0.1) is 27.8 Å². The number of aromatic nitrogens is 2. The first-order valence-corrected chi connectivity index (χ1v) is 20.2. The van der Waals surface area contributed by atoms with Crippen molar-refractivity contribution in [3.63, 3.8) is 0 Å². The molecule has 0 spiro atoms. The van der Waals surface area contributed by atoms with Crippen LogP contribution in [0.1, 0.15) is 0 Å². The number of hydrogen-bond donors (Lipinski definition) is 0. The smallest absolute Gasteiger partial charge is 0.260 e. The van der Waals surface area contributed by atoms with E-state index in [0.29, 0.717) is 0 Å². The van der Waals surface area contributed by atoms with Crippen LogP contribution in [0.3, 0.4) is 0 Å². The van der Waals surface area contributed by atoms with Gasteiger partial charge in [0.1, 0.15) is 23.0 Å². The maximum Gasteiger partial charge on any atom is 0.260 e. The van der Waals surface area contributed by atoms with Crippen LogP contribution < -0.4 is 25.9 Å². The summed E-state index contributed by atoms with van der Waals surface area (Å²) in [7, 11) is 0. The summed E-state index contributed by atoms with van der Waals surface area (Å²) >= 11 is 0. The summed E-state index contributed by atoms with van der Waals surface area (Å²) < 4.78 is 19.0. The van der Waals surface area contributed by atoms with Gasteiger partial charge in [0, 0.05) is 62.0 Å². The minimum absolute atomic E-state index is 0.0797. The Morgan fingerprint density at radius 2 is 0.898 bits per heavy atom. The quantitative estimate of drug-likeness (QED) is 0.168. The molecule has 11 aromatic rings. The molecule has 2 aliphatic heterocycles. The van der Waals surface area contributed by atoms with Crippen molar-refractivity contribution in [3.8, 4) is 56.6 Å². The van der Waals surface area contributed by atoms with Crippen molar-refractivity contribution in [1.82, 2.24) is 9.13 Å². The number of nitrogens with zero attached hydrogens (tertiary/aromatic N) is 2. The molecule has 5 heteroatoms. The predicted molar refractivity (Wildman–Crippen MR) is 244 cm³/mol. The van der Waals surface area contributed by atoms with Crippen LogP contribution in [0.25, 0.3) is 77.2 Å². The molecule has 4 nitrogen and oxygen atoms in total. The van der Waals surface area contributed by atoms with Gasteiger partial charge < -0.3 is 18.6 Å². The fraction of sp³-hybridized carbons (Fsp3) is 0. The van der Waals surface area contributed by atoms with Gasteiger partial charge in [0.15, 0.2) is 0 Å². The van der Waals surface area contributed by atoms with E-state index < -0.39 is 0 Å². The Bertz CT molecular complexity index is 3400. The highest BCUT2D eigenvalue weighted by Gasteiger charge is 2.41. The second-order valence-electron chi connectivity index (χ2n) is 15.6. The van der Waals surface area contributed by atoms with Gasteiger partial charge in [-0.2, -0.15) is 0 Å². The van der Waals surface area contributed by atoms with Gasteiger partial charge in [-0.3, -0.25) is 0 Å². The second kappa shape index (κ2) is 12.4. The minimum atomic E-state index is -0.0797. The summed E-state index contributed by atoms with van der Waals surface area (Å²) in [5.41, 5.74) is 14.6. The zero-order valence-electron chi connectivity index (χ0n) is 31.8. The van der Waals surface area contributed by atoms with Crippen molar-refractivity contribution in [2.75, 3.05) is 0 Å². The molecule has 274 valence electrons. The van der Waals surface area contributed by atoms with E-state index in [2.05, 4.69) is 209 Å². The van der Waals surface area contributed by atoms with E-state index in [4.69, 9.17) is 9.47 Å². The number of para-hydroxylation sites is 5. The first-order valence-electron chi connectivity index (χ1n) is 20.2. The third-order valence-corrected chi connectivity index (χ3v) is 12.4. The molecule has 59 heavy (non-hydrogen) atoms. The highest BCUT2D eigenvalue weighted by molar-refractivity contribution is 6.98. The molecule has 0 saturated heterocycles. The summed E-state index contributed by atoms with van der Waals surface area (Å²) in [6.07, 6.45) is 0.